The molecule has 0 spiro atoms. The molecule has 1 N–H and O–H groups in total. The molecule has 76 valence electrons. The second-order valence-corrected chi connectivity index (χ2v) is 4.46. The Morgan fingerprint density at radius 1 is 1.29 bits per heavy atom. The van der Waals surface area contributed by atoms with E-state index in [0.717, 1.165) is 0 Å². The fourth-order valence-corrected chi connectivity index (χ4v) is 2.57. The van der Waals surface area contributed by atoms with Crippen molar-refractivity contribution in [2.75, 3.05) is 6.61 Å². The van der Waals surface area contributed by atoms with E-state index in [2.05, 4.69) is 37.3 Å². The zero-order chi connectivity index (χ0) is 10.0. The maximum Gasteiger partial charge on any atom is 0.0465 e. The minimum atomic E-state index is 0.274. The number of aliphatic hydroxyl groups is 1. The minimum absolute atomic E-state index is 0.274. The second-order valence-electron chi connectivity index (χ2n) is 4.46. The van der Waals surface area contributed by atoms with Crippen molar-refractivity contribution in [1.29, 1.82) is 0 Å². The third-order valence-corrected chi connectivity index (χ3v) is 3.81. The van der Waals surface area contributed by atoms with E-state index in [1.54, 1.807) is 0 Å². The van der Waals surface area contributed by atoms with E-state index in [9.17, 15) is 5.11 Å². The molecule has 1 aliphatic rings. The molecule has 1 aromatic rings. The number of hydrogen-bond acceptors (Lipinski definition) is 1. The van der Waals surface area contributed by atoms with Crippen molar-refractivity contribution in [2.45, 2.75) is 31.6 Å². The highest BCUT2D eigenvalue weighted by Gasteiger charge is 2.42. The molecule has 0 saturated heterocycles. The van der Waals surface area contributed by atoms with Crippen LogP contribution in [-0.4, -0.2) is 11.7 Å². The first-order valence-electron chi connectivity index (χ1n) is 5.46. The molecule has 1 nitrogen and oxygen atoms in total. The van der Waals surface area contributed by atoms with Crippen LogP contribution < -0.4 is 0 Å². The fraction of sp³-hybridized carbons (Fsp3) is 0.538. The predicted molar refractivity (Wildman–Crippen MR) is 58.2 cm³/mol. The van der Waals surface area contributed by atoms with Gasteiger partial charge in [0.05, 0.1) is 0 Å². The molecular formula is C13H18O. The van der Waals surface area contributed by atoms with Crippen molar-refractivity contribution in [3.8, 4) is 0 Å². The fourth-order valence-electron chi connectivity index (χ4n) is 2.57. The molecule has 1 saturated carbocycles. The van der Waals surface area contributed by atoms with Crippen LogP contribution in [0.25, 0.3) is 0 Å². The molecule has 0 bridgehead atoms. The number of benzene rings is 1. The average Bonchev–Trinajstić information content (AvgIpc) is 2.17. The maximum absolute atomic E-state index is 9.30. The Labute approximate surface area is 85.8 Å². The topological polar surface area (TPSA) is 20.2 Å². The first-order valence-corrected chi connectivity index (χ1v) is 5.46. The number of rotatable bonds is 3. The molecular weight excluding hydrogens is 172 g/mol. The molecule has 1 aromatic carbocycles. The zero-order valence-corrected chi connectivity index (χ0v) is 8.74. The van der Waals surface area contributed by atoms with Crippen molar-refractivity contribution in [1.82, 2.24) is 0 Å². The van der Waals surface area contributed by atoms with Crippen molar-refractivity contribution in [2.24, 2.45) is 5.92 Å². The van der Waals surface area contributed by atoms with Crippen molar-refractivity contribution < 1.29 is 5.11 Å². The molecule has 2 rings (SSSR count). The highest BCUT2D eigenvalue weighted by atomic mass is 16.3. The first kappa shape index (κ1) is 9.72. The van der Waals surface area contributed by atoms with Gasteiger partial charge in [-0.15, -0.1) is 0 Å². The van der Waals surface area contributed by atoms with Gasteiger partial charge in [-0.1, -0.05) is 43.7 Å². The van der Waals surface area contributed by atoms with E-state index in [0.29, 0.717) is 12.5 Å². The van der Waals surface area contributed by atoms with Crippen LogP contribution in [0.4, 0.5) is 0 Å². The maximum atomic E-state index is 9.30. The molecule has 14 heavy (non-hydrogen) atoms. The van der Waals surface area contributed by atoms with Crippen LogP contribution in [0.5, 0.6) is 0 Å². The van der Waals surface area contributed by atoms with Gasteiger partial charge in [0.2, 0.25) is 0 Å². The molecule has 0 aliphatic heterocycles. The molecule has 0 radical (unpaired) electrons. The van der Waals surface area contributed by atoms with Gasteiger partial charge in [0.25, 0.3) is 0 Å². The molecule has 1 aliphatic carbocycles. The number of hydrogen-bond donors (Lipinski definition) is 1. The Morgan fingerprint density at radius 3 is 2.36 bits per heavy atom. The normalized spacial score (nSPS) is 21.3. The van der Waals surface area contributed by atoms with E-state index in [1.807, 2.05) is 0 Å². The van der Waals surface area contributed by atoms with Crippen LogP contribution in [0.2, 0.25) is 0 Å². The quantitative estimate of drug-likeness (QED) is 0.777. The Bertz CT molecular complexity index is 287. The predicted octanol–water partition coefficient (Wildman–Crippen LogP) is 2.74. The second kappa shape index (κ2) is 3.74. The van der Waals surface area contributed by atoms with Crippen LogP contribution in [0, 0.1) is 5.92 Å². The summed E-state index contributed by atoms with van der Waals surface area (Å²) in [6.07, 6.45) is 3.77. The van der Waals surface area contributed by atoms with E-state index < -0.39 is 0 Å². The van der Waals surface area contributed by atoms with Crippen molar-refractivity contribution in [3.05, 3.63) is 35.9 Å². The van der Waals surface area contributed by atoms with Crippen molar-refractivity contribution >= 4 is 0 Å². The largest absolute Gasteiger partial charge is 0.396 e. The van der Waals surface area contributed by atoms with Gasteiger partial charge in [0.1, 0.15) is 0 Å². The molecule has 1 atom stereocenters. The van der Waals surface area contributed by atoms with Gasteiger partial charge in [-0.25, -0.2) is 0 Å². The standard InChI is InChI=1S/C13H18O/c1-11(10-14)13(8-5-9-13)12-6-3-2-4-7-12/h2-4,6-7,11,14H,5,8-10H2,1H3. The summed E-state index contributed by atoms with van der Waals surface area (Å²) in [5.41, 5.74) is 1.68. The number of aliphatic hydroxyl groups excluding tert-OH is 1. The van der Waals surface area contributed by atoms with Crippen LogP contribution in [0.15, 0.2) is 30.3 Å². The van der Waals surface area contributed by atoms with E-state index in [1.165, 1.54) is 24.8 Å². The van der Waals surface area contributed by atoms with Gasteiger partial charge >= 0.3 is 0 Å². The summed E-state index contributed by atoms with van der Waals surface area (Å²) in [5.74, 6) is 0.388. The summed E-state index contributed by atoms with van der Waals surface area (Å²) in [5, 5.41) is 9.30. The third-order valence-electron chi connectivity index (χ3n) is 3.81. The zero-order valence-electron chi connectivity index (χ0n) is 8.74. The summed E-state index contributed by atoms with van der Waals surface area (Å²) in [7, 11) is 0. The molecule has 0 aromatic heterocycles. The van der Waals surface area contributed by atoms with Gasteiger partial charge < -0.3 is 5.11 Å². The summed E-state index contributed by atoms with van der Waals surface area (Å²) in [6.45, 7) is 2.46. The van der Waals surface area contributed by atoms with Gasteiger partial charge in [0, 0.05) is 12.0 Å². The average molecular weight is 190 g/mol. The van der Waals surface area contributed by atoms with Gasteiger partial charge in [-0.3, -0.25) is 0 Å². The summed E-state index contributed by atoms with van der Waals surface area (Å²) in [4.78, 5) is 0. The first-order chi connectivity index (χ1) is 6.79. The van der Waals surface area contributed by atoms with Gasteiger partial charge in [0.15, 0.2) is 0 Å². The lowest BCUT2D eigenvalue weighted by atomic mass is 9.58. The Morgan fingerprint density at radius 2 is 1.93 bits per heavy atom. The van der Waals surface area contributed by atoms with E-state index >= 15 is 0 Å². The molecule has 1 heteroatoms. The van der Waals surface area contributed by atoms with Crippen molar-refractivity contribution in [3.63, 3.8) is 0 Å². The highest BCUT2D eigenvalue weighted by Crippen LogP contribution is 2.48. The highest BCUT2D eigenvalue weighted by molar-refractivity contribution is 5.28. The monoisotopic (exact) mass is 190 g/mol. The SMILES string of the molecule is CC(CO)C1(c2ccccc2)CCC1. The third kappa shape index (κ3) is 1.36. The lowest BCUT2D eigenvalue weighted by molar-refractivity contribution is 0.0970. The Hall–Kier alpha value is -0.820. The summed E-state index contributed by atoms with van der Waals surface area (Å²) >= 11 is 0. The smallest absolute Gasteiger partial charge is 0.0465 e. The van der Waals surface area contributed by atoms with Gasteiger partial charge in [-0.2, -0.15) is 0 Å². The van der Waals surface area contributed by atoms with E-state index in [-0.39, 0.29) is 5.41 Å². The van der Waals surface area contributed by atoms with Crippen LogP contribution >= 0.6 is 0 Å². The van der Waals surface area contributed by atoms with Gasteiger partial charge in [-0.05, 0) is 24.3 Å². The van der Waals surface area contributed by atoms with E-state index in [4.69, 9.17) is 0 Å². The lowest BCUT2D eigenvalue weighted by Gasteiger charge is -2.46. The van der Waals surface area contributed by atoms with Crippen LogP contribution in [0.3, 0.4) is 0 Å². The molecule has 0 heterocycles. The summed E-state index contributed by atoms with van der Waals surface area (Å²) in [6, 6.07) is 10.6. The lowest BCUT2D eigenvalue weighted by Crippen LogP contribution is -2.42. The Kier molecular flexibility index (Phi) is 2.60. The molecule has 1 fully saturated rings. The minimum Gasteiger partial charge on any atom is -0.396 e. The van der Waals surface area contributed by atoms with Crippen LogP contribution in [-0.2, 0) is 5.41 Å². The molecule has 1 unspecified atom stereocenters. The Balaban J connectivity index is 2.29. The summed E-state index contributed by atoms with van der Waals surface area (Å²) < 4.78 is 0. The van der Waals surface area contributed by atoms with Crippen LogP contribution in [0.1, 0.15) is 31.7 Å². The molecule has 0 amide bonds.